The first-order valence-electron chi connectivity index (χ1n) is 7.14. The van der Waals surface area contributed by atoms with Gasteiger partial charge >= 0.3 is 6.09 Å². The van der Waals surface area contributed by atoms with Gasteiger partial charge in [0.1, 0.15) is 10.5 Å². The van der Waals surface area contributed by atoms with Crippen molar-refractivity contribution in [2.24, 2.45) is 0 Å². The summed E-state index contributed by atoms with van der Waals surface area (Å²) in [6, 6.07) is -0.00837. The Labute approximate surface area is 138 Å². The fourth-order valence-corrected chi connectivity index (χ4v) is 3.35. The number of nitrogens with zero attached hydrogens (tertiary/aromatic N) is 2. The highest BCUT2D eigenvalue weighted by Crippen LogP contribution is 2.30. The minimum Gasteiger partial charge on any atom is -0.444 e. The normalized spacial score (nSPS) is 18.9. The lowest BCUT2D eigenvalue weighted by Crippen LogP contribution is -2.49. The Balaban J connectivity index is 1.96. The predicted octanol–water partition coefficient (Wildman–Crippen LogP) is 3.10. The van der Waals surface area contributed by atoms with E-state index in [1.807, 2.05) is 25.7 Å². The zero-order valence-electron chi connectivity index (χ0n) is 12.9. The van der Waals surface area contributed by atoms with Crippen molar-refractivity contribution >= 4 is 40.4 Å². The van der Waals surface area contributed by atoms with Crippen LogP contribution in [0, 0.1) is 0 Å². The summed E-state index contributed by atoms with van der Waals surface area (Å²) in [4.78, 5) is 29.4. The van der Waals surface area contributed by atoms with E-state index in [0.29, 0.717) is 22.8 Å². The van der Waals surface area contributed by atoms with Gasteiger partial charge in [-0.3, -0.25) is 4.79 Å². The molecule has 0 radical (unpaired) electrons. The van der Waals surface area contributed by atoms with Crippen LogP contribution in [0.4, 0.5) is 9.93 Å². The van der Waals surface area contributed by atoms with Gasteiger partial charge in [-0.15, -0.1) is 0 Å². The Kier molecular flexibility index (Phi) is 5.28. The van der Waals surface area contributed by atoms with E-state index in [9.17, 15) is 9.59 Å². The van der Waals surface area contributed by atoms with Crippen molar-refractivity contribution in [2.45, 2.75) is 45.3 Å². The molecular formula is C14H20ClN3O3S. The molecule has 1 unspecified atom stereocenters. The molecule has 1 aromatic heterocycles. The van der Waals surface area contributed by atoms with Gasteiger partial charge in [0.15, 0.2) is 16.6 Å². The Morgan fingerprint density at radius 3 is 2.86 bits per heavy atom. The van der Waals surface area contributed by atoms with Crippen LogP contribution in [0.3, 0.4) is 0 Å². The number of nitrogens with one attached hydrogen (secondary N) is 1. The van der Waals surface area contributed by atoms with Crippen LogP contribution in [0.25, 0.3) is 0 Å². The first-order valence-corrected chi connectivity index (χ1v) is 8.34. The molecule has 0 aromatic carbocycles. The number of ether oxygens (including phenoxy) is 1. The molecule has 22 heavy (non-hydrogen) atoms. The lowest BCUT2D eigenvalue weighted by Gasteiger charge is -2.33. The molecule has 1 saturated heterocycles. The van der Waals surface area contributed by atoms with Gasteiger partial charge in [-0.25, -0.2) is 9.78 Å². The summed E-state index contributed by atoms with van der Waals surface area (Å²) in [6.45, 7) is 6.95. The standard InChI is InChI=1S/C14H20ClN3O3S/c1-14(2,3)21-13(20)16-9-5-4-6-18(7-9)12-17-11(15)10(8-19)22-12/h8-9H,4-7H2,1-3H3,(H,16,20). The SMILES string of the molecule is CC(C)(C)OC(=O)NC1CCCN(c2nc(Cl)c(C=O)s2)C1. The number of carbonyl (C=O) groups is 2. The summed E-state index contributed by atoms with van der Waals surface area (Å²) in [5, 5.41) is 3.83. The summed E-state index contributed by atoms with van der Waals surface area (Å²) in [6.07, 6.45) is 2.11. The zero-order chi connectivity index (χ0) is 16.3. The van der Waals surface area contributed by atoms with Crippen LogP contribution < -0.4 is 10.2 Å². The van der Waals surface area contributed by atoms with E-state index in [1.165, 1.54) is 11.3 Å². The summed E-state index contributed by atoms with van der Waals surface area (Å²) in [7, 11) is 0. The maximum atomic E-state index is 11.8. The zero-order valence-corrected chi connectivity index (χ0v) is 14.5. The first-order chi connectivity index (χ1) is 10.3. The first kappa shape index (κ1) is 17.0. The van der Waals surface area contributed by atoms with Crippen LogP contribution in [0.5, 0.6) is 0 Å². The number of hydrogen-bond donors (Lipinski definition) is 1. The molecule has 1 N–H and O–H groups in total. The van der Waals surface area contributed by atoms with Crippen molar-refractivity contribution in [3.05, 3.63) is 10.0 Å². The maximum absolute atomic E-state index is 11.8. The van der Waals surface area contributed by atoms with E-state index in [-0.39, 0.29) is 11.2 Å². The predicted molar refractivity (Wildman–Crippen MR) is 87.1 cm³/mol. The summed E-state index contributed by atoms with van der Waals surface area (Å²) < 4.78 is 5.27. The summed E-state index contributed by atoms with van der Waals surface area (Å²) >= 11 is 7.18. The number of thiazole rings is 1. The van der Waals surface area contributed by atoms with Gasteiger partial charge in [-0.05, 0) is 33.6 Å². The quantitative estimate of drug-likeness (QED) is 0.852. The number of halogens is 1. The smallest absolute Gasteiger partial charge is 0.407 e. The van der Waals surface area contributed by atoms with Crippen LogP contribution in [-0.4, -0.2) is 42.1 Å². The Morgan fingerprint density at radius 2 is 2.27 bits per heavy atom. The highest BCUT2D eigenvalue weighted by Gasteiger charge is 2.26. The molecular weight excluding hydrogens is 326 g/mol. The molecule has 1 aromatic rings. The summed E-state index contributed by atoms with van der Waals surface area (Å²) in [5.74, 6) is 0. The molecule has 1 aliphatic rings. The number of piperidine rings is 1. The number of rotatable bonds is 3. The van der Waals surface area contributed by atoms with E-state index in [0.717, 1.165) is 19.4 Å². The second-order valence-corrected chi connectivity index (χ2v) is 7.57. The van der Waals surface area contributed by atoms with Crippen molar-refractivity contribution in [1.82, 2.24) is 10.3 Å². The number of hydrogen-bond acceptors (Lipinski definition) is 6. The van der Waals surface area contributed by atoms with Crippen LogP contribution >= 0.6 is 22.9 Å². The van der Waals surface area contributed by atoms with Gasteiger partial charge in [0, 0.05) is 19.1 Å². The molecule has 1 atom stereocenters. The van der Waals surface area contributed by atoms with E-state index < -0.39 is 11.7 Å². The molecule has 1 fully saturated rings. The molecule has 2 heterocycles. The molecule has 0 aliphatic carbocycles. The van der Waals surface area contributed by atoms with Gasteiger partial charge in [0.2, 0.25) is 0 Å². The Hall–Kier alpha value is -1.34. The third kappa shape index (κ3) is 4.58. The largest absolute Gasteiger partial charge is 0.444 e. The van der Waals surface area contributed by atoms with E-state index in [4.69, 9.17) is 16.3 Å². The minimum atomic E-state index is -0.514. The third-order valence-corrected chi connectivity index (χ3v) is 4.56. The molecule has 8 heteroatoms. The molecule has 6 nitrogen and oxygen atoms in total. The van der Waals surface area contributed by atoms with Gasteiger partial charge < -0.3 is 15.0 Å². The highest BCUT2D eigenvalue weighted by molar-refractivity contribution is 7.17. The average Bonchev–Trinajstić information content (AvgIpc) is 2.78. The Morgan fingerprint density at radius 1 is 1.55 bits per heavy atom. The van der Waals surface area contributed by atoms with Gasteiger partial charge in [0.05, 0.1) is 0 Å². The van der Waals surface area contributed by atoms with Crippen molar-refractivity contribution in [3.8, 4) is 0 Å². The lowest BCUT2D eigenvalue weighted by molar-refractivity contribution is 0.0500. The number of aromatic nitrogens is 1. The molecule has 0 spiro atoms. The number of carbonyl (C=O) groups excluding carboxylic acids is 2. The second-order valence-electron chi connectivity index (χ2n) is 6.20. The lowest BCUT2D eigenvalue weighted by atomic mass is 10.1. The molecule has 2 rings (SSSR count). The minimum absolute atomic E-state index is 0.00837. The van der Waals surface area contributed by atoms with Crippen molar-refractivity contribution in [1.29, 1.82) is 0 Å². The van der Waals surface area contributed by atoms with Crippen LogP contribution in [0.1, 0.15) is 43.3 Å². The fraction of sp³-hybridized carbons (Fsp3) is 0.643. The van der Waals surface area contributed by atoms with E-state index in [1.54, 1.807) is 0 Å². The maximum Gasteiger partial charge on any atom is 0.407 e. The van der Waals surface area contributed by atoms with E-state index >= 15 is 0 Å². The van der Waals surface area contributed by atoms with Crippen molar-refractivity contribution < 1.29 is 14.3 Å². The number of aldehydes is 1. The molecule has 1 amide bonds. The highest BCUT2D eigenvalue weighted by atomic mass is 35.5. The van der Waals surface area contributed by atoms with Crippen molar-refractivity contribution in [3.63, 3.8) is 0 Å². The van der Waals surface area contributed by atoms with Gasteiger partial charge in [-0.1, -0.05) is 22.9 Å². The number of amides is 1. The monoisotopic (exact) mass is 345 g/mol. The van der Waals surface area contributed by atoms with Crippen LogP contribution in [0.2, 0.25) is 5.15 Å². The van der Waals surface area contributed by atoms with Gasteiger partial charge in [0.25, 0.3) is 0 Å². The third-order valence-electron chi connectivity index (χ3n) is 3.12. The average molecular weight is 346 g/mol. The number of anilines is 1. The van der Waals surface area contributed by atoms with Crippen LogP contribution in [0.15, 0.2) is 0 Å². The second kappa shape index (κ2) is 6.83. The van der Waals surface area contributed by atoms with Gasteiger partial charge in [-0.2, -0.15) is 0 Å². The molecule has 0 bridgehead atoms. The summed E-state index contributed by atoms with van der Waals surface area (Å²) in [5.41, 5.74) is -0.514. The fourth-order valence-electron chi connectivity index (χ4n) is 2.25. The van der Waals surface area contributed by atoms with Crippen LogP contribution in [-0.2, 0) is 4.74 Å². The topological polar surface area (TPSA) is 71.5 Å². The van der Waals surface area contributed by atoms with Crippen molar-refractivity contribution in [2.75, 3.05) is 18.0 Å². The van der Waals surface area contributed by atoms with E-state index in [2.05, 4.69) is 10.3 Å². The Bertz CT molecular complexity index is 556. The molecule has 1 aliphatic heterocycles. The number of alkyl carbamates (subject to hydrolysis) is 1. The molecule has 0 saturated carbocycles. The molecule has 122 valence electrons.